The smallest absolute Gasteiger partial charge is 0.407 e. The maximum absolute atomic E-state index is 12.0. The van der Waals surface area contributed by atoms with Crippen LogP contribution in [-0.2, 0) is 24.2 Å². The molecule has 4 aromatic rings. The van der Waals surface area contributed by atoms with E-state index in [9.17, 15) is 4.79 Å². The Morgan fingerprint density at radius 3 is 2.51 bits per heavy atom. The standard InChI is InChI=1S/C27H27ClN4O2S/c28-22-10-11-24(20(16-22)12-15-30-27(33)34-18-19-6-2-1-3-7-19)32-26(35)29-14-13-21-17-31-25-9-5-4-8-23(21)25/h1-11,16-17,31H,12-15,18H2,(H,30,33)(H2,29,32,35). The number of alkyl carbamates (subject to hydrolysis) is 1. The number of rotatable bonds is 9. The van der Waals surface area contributed by atoms with Gasteiger partial charge < -0.3 is 25.7 Å². The normalized spacial score (nSPS) is 10.7. The van der Waals surface area contributed by atoms with Gasteiger partial charge in [0, 0.05) is 40.9 Å². The van der Waals surface area contributed by atoms with Crippen LogP contribution in [0.15, 0.2) is 79.0 Å². The van der Waals surface area contributed by atoms with Gasteiger partial charge in [0.05, 0.1) is 0 Å². The van der Waals surface area contributed by atoms with Crippen LogP contribution in [0.4, 0.5) is 10.5 Å². The molecule has 0 saturated carbocycles. The molecule has 4 rings (SSSR count). The average molecular weight is 507 g/mol. The van der Waals surface area contributed by atoms with Crippen LogP contribution in [0.25, 0.3) is 10.9 Å². The summed E-state index contributed by atoms with van der Waals surface area (Å²) in [6.45, 7) is 1.34. The molecule has 0 fully saturated rings. The zero-order valence-corrected chi connectivity index (χ0v) is 20.7. The topological polar surface area (TPSA) is 78.2 Å². The zero-order chi connectivity index (χ0) is 24.5. The lowest BCUT2D eigenvalue weighted by molar-refractivity contribution is 0.140. The number of anilines is 1. The van der Waals surface area contributed by atoms with E-state index in [1.165, 1.54) is 10.9 Å². The Morgan fingerprint density at radius 1 is 0.914 bits per heavy atom. The first-order chi connectivity index (χ1) is 17.1. The first-order valence-electron chi connectivity index (χ1n) is 11.4. The summed E-state index contributed by atoms with van der Waals surface area (Å²) in [6, 6.07) is 23.4. The molecule has 0 spiro atoms. The third-order valence-corrected chi connectivity index (χ3v) is 6.03. The Kier molecular flexibility index (Phi) is 8.59. The number of benzene rings is 3. The molecule has 35 heavy (non-hydrogen) atoms. The molecule has 3 aromatic carbocycles. The highest BCUT2D eigenvalue weighted by Gasteiger charge is 2.09. The number of carbonyl (C=O) groups is 1. The van der Waals surface area contributed by atoms with E-state index in [4.69, 9.17) is 28.6 Å². The van der Waals surface area contributed by atoms with Crippen molar-refractivity contribution in [2.45, 2.75) is 19.4 Å². The highest BCUT2D eigenvalue weighted by molar-refractivity contribution is 7.80. The van der Waals surface area contributed by atoms with Crippen molar-refractivity contribution in [3.8, 4) is 0 Å². The Bertz CT molecular complexity index is 1290. The van der Waals surface area contributed by atoms with Gasteiger partial charge in [-0.05, 0) is 66.0 Å². The number of aromatic nitrogens is 1. The monoisotopic (exact) mass is 506 g/mol. The number of aromatic amines is 1. The van der Waals surface area contributed by atoms with Crippen LogP contribution in [0, 0.1) is 0 Å². The van der Waals surface area contributed by atoms with Crippen LogP contribution in [0.5, 0.6) is 0 Å². The number of hydrogen-bond acceptors (Lipinski definition) is 3. The summed E-state index contributed by atoms with van der Waals surface area (Å²) in [4.78, 5) is 15.3. The van der Waals surface area contributed by atoms with Gasteiger partial charge in [0.15, 0.2) is 5.11 Å². The van der Waals surface area contributed by atoms with Gasteiger partial charge in [-0.1, -0.05) is 60.1 Å². The van der Waals surface area contributed by atoms with Crippen molar-refractivity contribution in [1.82, 2.24) is 15.6 Å². The molecule has 180 valence electrons. The summed E-state index contributed by atoms with van der Waals surface area (Å²) in [7, 11) is 0. The average Bonchev–Trinajstić information content (AvgIpc) is 3.28. The maximum atomic E-state index is 12.0. The van der Waals surface area contributed by atoms with Gasteiger partial charge in [0.1, 0.15) is 6.61 Å². The number of para-hydroxylation sites is 1. The number of thiocarbonyl (C=S) groups is 1. The van der Waals surface area contributed by atoms with Gasteiger partial charge in [0.25, 0.3) is 0 Å². The Hall–Kier alpha value is -3.55. The van der Waals surface area contributed by atoms with Crippen LogP contribution in [0.3, 0.4) is 0 Å². The number of halogens is 1. The molecule has 0 radical (unpaired) electrons. The van der Waals surface area contributed by atoms with E-state index in [0.29, 0.717) is 29.6 Å². The number of nitrogens with one attached hydrogen (secondary N) is 4. The van der Waals surface area contributed by atoms with E-state index in [1.54, 1.807) is 0 Å². The molecule has 0 atom stereocenters. The lowest BCUT2D eigenvalue weighted by Gasteiger charge is -2.15. The summed E-state index contributed by atoms with van der Waals surface area (Å²) in [5.41, 5.74) is 5.11. The number of hydrogen-bond donors (Lipinski definition) is 4. The summed E-state index contributed by atoms with van der Waals surface area (Å²) in [5, 5.41) is 11.7. The summed E-state index contributed by atoms with van der Waals surface area (Å²) < 4.78 is 5.26. The molecule has 1 aromatic heterocycles. The number of carbonyl (C=O) groups excluding carboxylic acids is 1. The zero-order valence-electron chi connectivity index (χ0n) is 19.1. The molecule has 0 aliphatic carbocycles. The van der Waals surface area contributed by atoms with Gasteiger partial charge in [-0.3, -0.25) is 0 Å². The van der Waals surface area contributed by atoms with Crippen molar-refractivity contribution in [2.75, 3.05) is 18.4 Å². The minimum absolute atomic E-state index is 0.231. The first-order valence-corrected chi connectivity index (χ1v) is 12.2. The number of H-pyrrole nitrogens is 1. The van der Waals surface area contributed by atoms with Gasteiger partial charge >= 0.3 is 6.09 Å². The van der Waals surface area contributed by atoms with Gasteiger partial charge in [-0.25, -0.2) is 4.79 Å². The van der Waals surface area contributed by atoms with Gasteiger partial charge in [0.2, 0.25) is 0 Å². The lowest BCUT2D eigenvalue weighted by Crippen LogP contribution is -2.31. The highest BCUT2D eigenvalue weighted by atomic mass is 35.5. The van der Waals surface area contributed by atoms with Crippen LogP contribution in [0.2, 0.25) is 5.02 Å². The maximum Gasteiger partial charge on any atom is 0.407 e. The van der Waals surface area contributed by atoms with E-state index in [0.717, 1.165) is 28.8 Å². The van der Waals surface area contributed by atoms with Crippen molar-refractivity contribution in [3.63, 3.8) is 0 Å². The van der Waals surface area contributed by atoms with Gasteiger partial charge in [-0.2, -0.15) is 0 Å². The molecule has 1 heterocycles. The van der Waals surface area contributed by atoms with Crippen molar-refractivity contribution in [3.05, 3.63) is 101 Å². The SMILES string of the molecule is O=C(NCCc1cc(Cl)ccc1NC(=S)NCCc1c[nH]c2ccccc12)OCc1ccccc1. The molecular formula is C27H27ClN4O2S. The highest BCUT2D eigenvalue weighted by Crippen LogP contribution is 2.21. The van der Waals surface area contributed by atoms with Gasteiger partial charge in [-0.15, -0.1) is 0 Å². The minimum atomic E-state index is -0.458. The lowest BCUT2D eigenvalue weighted by atomic mass is 10.1. The van der Waals surface area contributed by atoms with Crippen LogP contribution >= 0.6 is 23.8 Å². The number of amides is 1. The van der Waals surface area contributed by atoms with Crippen molar-refractivity contribution in [2.24, 2.45) is 0 Å². The predicted molar refractivity (Wildman–Crippen MR) is 146 cm³/mol. The fourth-order valence-corrected chi connectivity index (χ4v) is 4.19. The van der Waals surface area contributed by atoms with Crippen molar-refractivity contribution < 1.29 is 9.53 Å². The van der Waals surface area contributed by atoms with E-state index < -0.39 is 6.09 Å². The van der Waals surface area contributed by atoms with E-state index in [2.05, 4.69) is 33.1 Å². The largest absolute Gasteiger partial charge is 0.445 e. The quantitative estimate of drug-likeness (QED) is 0.215. The van der Waals surface area contributed by atoms with Crippen molar-refractivity contribution >= 4 is 51.6 Å². The Balaban J connectivity index is 1.24. The second-order valence-electron chi connectivity index (χ2n) is 8.03. The third kappa shape index (κ3) is 7.21. The Labute approximate surface area is 215 Å². The number of fused-ring (bicyclic) bond motifs is 1. The minimum Gasteiger partial charge on any atom is -0.445 e. The fourth-order valence-electron chi connectivity index (χ4n) is 3.78. The van der Waals surface area contributed by atoms with Crippen LogP contribution in [0.1, 0.15) is 16.7 Å². The molecule has 0 aliphatic heterocycles. The molecule has 4 N–H and O–H groups in total. The van der Waals surface area contributed by atoms with Crippen LogP contribution < -0.4 is 16.0 Å². The molecule has 0 unspecified atom stereocenters. The number of ether oxygens (including phenoxy) is 1. The van der Waals surface area contributed by atoms with Crippen LogP contribution in [-0.4, -0.2) is 29.3 Å². The molecule has 6 nitrogen and oxygen atoms in total. The molecule has 8 heteroatoms. The molecule has 0 saturated heterocycles. The second kappa shape index (κ2) is 12.2. The Morgan fingerprint density at radius 2 is 1.66 bits per heavy atom. The third-order valence-electron chi connectivity index (χ3n) is 5.55. The molecule has 0 aliphatic rings. The van der Waals surface area contributed by atoms with E-state index in [1.807, 2.05) is 66.9 Å². The summed E-state index contributed by atoms with van der Waals surface area (Å²) in [5.74, 6) is 0. The summed E-state index contributed by atoms with van der Waals surface area (Å²) >= 11 is 11.7. The van der Waals surface area contributed by atoms with Crippen molar-refractivity contribution in [1.29, 1.82) is 0 Å². The van der Waals surface area contributed by atoms with E-state index >= 15 is 0 Å². The fraction of sp³-hybridized carbons (Fsp3) is 0.185. The molecule has 0 bridgehead atoms. The predicted octanol–water partition coefficient (Wildman–Crippen LogP) is 5.82. The molecular weight excluding hydrogens is 480 g/mol. The second-order valence-corrected chi connectivity index (χ2v) is 8.88. The molecule has 1 amide bonds. The van der Waals surface area contributed by atoms with E-state index in [-0.39, 0.29) is 6.61 Å². The summed E-state index contributed by atoms with van der Waals surface area (Å²) in [6.07, 6.45) is 2.99. The first kappa shape index (κ1) is 24.6.